The van der Waals surface area contributed by atoms with Gasteiger partial charge in [0.15, 0.2) is 0 Å². The van der Waals surface area contributed by atoms with Gasteiger partial charge in [0.2, 0.25) is 0 Å². The summed E-state index contributed by atoms with van der Waals surface area (Å²) in [6, 6.07) is 54.7. The van der Waals surface area contributed by atoms with Crippen molar-refractivity contribution in [2.24, 2.45) is 0 Å². The van der Waals surface area contributed by atoms with Crippen LogP contribution >= 0.6 is 0 Å². The minimum absolute atomic E-state index is 0.139. The van der Waals surface area contributed by atoms with E-state index < -0.39 is 0 Å². The number of benzene rings is 9. The molecule has 0 aliphatic heterocycles. The van der Waals surface area contributed by atoms with Crippen LogP contribution in [0.15, 0.2) is 146 Å². The fourth-order valence-electron chi connectivity index (χ4n) is 8.34. The molecule has 210 valence electrons. The molecule has 0 heterocycles. The highest BCUT2D eigenvalue weighted by Crippen LogP contribution is 2.55. The van der Waals surface area contributed by atoms with Crippen LogP contribution in [0, 0.1) is 0 Å². The van der Waals surface area contributed by atoms with Crippen LogP contribution in [0.4, 0.5) is 0 Å². The Bertz CT molecular complexity index is 2650. The lowest BCUT2D eigenvalue weighted by Crippen LogP contribution is -2.15. The van der Waals surface area contributed by atoms with Crippen LogP contribution in [-0.2, 0) is 5.41 Å². The van der Waals surface area contributed by atoms with E-state index in [4.69, 9.17) is 0 Å². The highest BCUT2D eigenvalue weighted by atomic mass is 14.4. The molecule has 45 heavy (non-hydrogen) atoms. The summed E-state index contributed by atoms with van der Waals surface area (Å²) in [6.07, 6.45) is 0. The first-order valence-electron chi connectivity index (χ1n) is 15.9. The molecule has 0 radical (unpaired) electrons. The molecule has 0 saturated heterocycles. The Balaban J connectivity index is 1.24. The normalized spacial score (nSPS) is 13.7. The fraction of sp³-hybridized carbons (Fsp3) is 0.0667. The Morgan fingerprint density at radius 2 is 0.978 bits per heavy atom. The SMILES string of the molecule is CC1(C)c2cc(-c3ccc4ccc5cccc6ccc3c4c56)ccc2-c2c1cc1ccccc1c2-c1ccc2ccccc2c1. The number of hydrogen-bond acceptors (Lipinski definition) is 0. The topological polar surface area (TPSA) is 0 Å². The second-order valence-corrected chi connectivity index (χ2v) is 13.3. The first-order valence-corrected chi connectivity index (χ1v) is 15.9. The Morgan fingerprint density at radius 1 is 0.356 bits per heavy atom. The summed E-state index contributed by atoms with van der Waals surface area (Å²) in [6.45, 7) is 4.81. The van der Waals surface area contributed by atoms with Gasteiger partial charge in [0.05, 0.1) is 0 Å². The molecule has 0 amide bonds. The van der Waals surface area contributed by atoms with E-state index in [9.17, 15) is 0 Å². The summed E-state index contributed by atoms with van der Waals surface area (Å²) in [5, 5.41) is 13.1. The maximum atomic E-state index is 2.48. The van der Waals surface area contributed by atoms with Crippen molar-refractivity contribution >= 4 is 53.9 Å². The van der Waals surface area contributed by atoms with Gasteiger partial charge in [-0.05, 0) is 117 Å². The van der Waals surface area contributed by atoms with E-state index in [0.29, 0.717) is 0 Å². The van der Waals surface area contributed by atoms with Gasteiger partial charge < -0.3 is 0 Å². The van der Waals surface area contributed by atoms with Crippen molar-refractivity contribution in [2.45, 2.75) is 19.3 Å². The third kappa shape index (κ3) is 3.37. The zero-order valence-corrected chi connectivity index (χ0v) is 25.4. The number of rotatable bonds is 2. The maximum Gasteiger partial charge on any atom is 0.0159 e. The fourth-order valence-corrected chi connectivity index (χ4v) is 8.34. The molecule has 0 bridgehead atoms. The quantitative estimate of drug-likeness (QED) is 0.181. The lowest BCUT2D eigenvalue weighted by Gasteiger charge is -2.23. The third-order valence-electron chi connectivity index (χ3n) is 10.6. The summed E-state index contributed by atoms with van der Waals surface area (Å²) in [5.74, 6) is 0. The zero-order chi connectivity index (χ0) is 29.9. The molecule has 0 spiro atoms. The standard InChI is InChI=1S/C45H30/c1-45(2)39-25-33(35-21-18-30-16-15-28-11-7-12-29-19-22-37(35)42(30)41(28)29)20-23-38(39)44-40(45)26-32-10-5-6-13-36(32)43(44)34-17-14-27-8-3-4-9-31(27)24-34/h3-26H,1-2H3. The van der Waals surface area contributed by atoms with E-state index in [1.165, 1.54) is 98.4 Å². The van der Waals surface area contributed by atoms with Crippen LogP contribution in [0.25, 0.3) is 87.2 Å². The molecule has 10 rings (SSSR count). The third-order valence-corrected chi connectivity index (χ3v) is 10.6. The summed E-state index contributed by atoms with van der Waals surface area (Å²) < 4.78 is 0. The van der Waals surface area contributed by atoms with Crippen LogP contribution in [0.2, 0.25) is 0 Å². The van der Waals surface area contributed by atoms with Crippen molar-refractivity contribution in [3.8, 4) is 33.4 Å². The number of hydrogen-bond donors (Lipinski definition) is 0. The molecule has 0 nitrogen and oxygen atoms in total. The average molecular weight is 571 g/mol. The largest absolute Gasteiger partial charge is 0.0616 e. The Morgan fingerprint density at radius 3 is 1.82 bits per heavy atom. The number of fused-ring (bicyclic) bond motifs is 5. The van der Waals surface area contributed by atoms with Gasteiger partial charge in [-0.25, -0.2) is 0 Å². The van der Waals surface area contributed by atoms with Gasteiger partial charge in [0.1, 0.15) is 0 Å². The van der Waals surface area contributed by atoms with Gasteiger partial charge in [-0.3, -0.25) is 0 Å². The highest BCUT2D eigenvalue weighted by Gasteiger charge is 2.38. The summed E-state index contributed by atoms with van der Waals surface area (Å²) in [7, 11) is 0. The lowest BCUT2D eigenvalue weighted by atomic mass is 9.80. The lowest BCUT2D eigenvalue weighted by molar-refractivity contribution is 0.661. The molecule has 0 fully saturated rings. The van der Waals surface area contributed by atoms with Crippen molar-refractivity contribution < 1.29 is 0 Å². The van der Waals surface area contributed by atoms with Crippen molar-refractivity contribution in [1.82, 2.24) is 0 Å². The van der Waals surface area contributed by atoms with E-state index in [0.717, 1.165) is 0 Å². The predicted octanol–water partition coefficient (Wildman–Crippen LogP) is 12.5. The molecule has 1 aliphatic carbocycles. The van der Waals surface area contributed by atoms with E-state index in [1.54, 1.807) is 0 Å². The maximum absolute atomic E-state index is 2.48. The Hall–Kier alpha value is -5.46. The van der Waals surface area contributed by atoms with Gasteiger partial charge in [-0.1, -0.05) is 141 Å². The molecule has 0 unspecified atom stereocenters. The van der Waals surface area contributed by atoms with Crippen LogP contribution in [0.1, 0.15) is 25.0 Å². The minimum Gasteiger partial charge on any atom is -0.0616 e. The first-order chi connectivity index (χ1) is 22.1. The molecule has 0 atom stereocenters. The molecular weight excluding hydrogens is 540 g/mol. The van der Waals surface area contributed by atoms with Gasteiger partial charge in [0, 0.05) is 5.41 Å². The van der Waals surface area contributed by atoms with Crippen molar-refractivity contribution in [3.63, 3.8) is 0 Å². The highest BCUT2D eigenvalue weighted by molar-refractivity contribution is 6.25. The second kappa shape index (κ2) is 8.80. The minimum atomic E-state index is -0.139. The van der Waals surface area contributed by atoms with E-state index in [1.807, 2.05) is 0 Å². The van der Waals surface area contributed by atoms with Crippen LogP contribution in [-0.4, -0.2) is 0 Å². The molecule has 0 saturated carbocycles. The smallest absolute Gasteiger partial charge is 0.0159 e. The van der Waals surface area contributed by atoms with Crippen LogP contribution in [0.5, 0.6) is 0 Å². The summed E-state index contributed by atoms with van der Waals surface area (Å²) in [5.41, 5.74) is 10.6. The zero-order valence-electron chi connectivity index (χ0n) is 25.4. The molecule has 1 aliphatic rings. The van der Waals surface area contributed by atoms with E-state index in [2.05, 4.69) is 159 Å². The molecule has 0 heteroatoms. The monoisotopic (exact) mass is 570 g/mol. The second-order valence-electron chi connectivity index (χ2n) is 13.3. The molecule has 0 N–H and O–H groups in total. The summed E-state index contributed by atoms with van der Waals surface area (Å²) >= 11 is 0. The molecular formula is C45H30. The molecule has 0 aromatic heterocycles. The Labute approximate surface area is 262 Å². The van der Waals surface area contributed by atoms with Crippen molar-refractivity contribution in [3.05, 3.63) is 157 Å². The summed E-state index contributed by atoms with van der Waals surface area (Å²) in [4.78, 5) is 0. The van der Waals surface area contributed by atoms with Gasteiger partial charge in [-0.2, -0.15) is 0 Å². The van der Waals surface area contributed by atoms with E-state index >= 15 is 0 Å². The van der Waals surface area contributed by atoms with Crippen molar-refractivity contribution in [2.75, 3.05) is 0 Å². The van der Waals surface area contributed by atoms with Crippen LogP contribution in [0.3, 0.4) is 0 Å². The average Bonchev–Trinajstić information content (AvgIpc) is 3.31. The van der Waals surface area contributed by atoms with Gasteiger partial charge >= 0.3 is 0 Å². The van der Waals surface area contributed by atoms with Crippen molar-refractivity contribution in [1.29, 1.82) is 0 Å². The van der Waals surface area contributed by atoms with E-state index in [-0.39, 0.29) is 5.41 Å². The van der Waals surface area contributed by atoms with Crippen LogP contribution < -0.4 is 0 Å². The first kappa shape index (κ1) is 24.9. The molecule has 9 aromatic rings. The predicted molar refractivity (Wildman–Crippen MR) is 194 cm³/mol. The van der Waals surface area contributed by atoms with Gasteiger partial charge in [-0.15, -0.1) is 0 Å². The van der Waals surface area contributed by atoms with Gasteiger partial charge in [0.25, 0.3) is 0 Å². The molecule has 9 aromatic carbocycles. The Kier molecular flexibility index (Phi) is 4.88.